The molecule has 0 radical (unpaired) electrons. The lowest BCUT2D eigenvalue weighted by Gasteiger charge is -2.31. The van der Waals surface area contributed by atoms with Gasteiger partial charge in [0.25, 0.3) is 0 Å². The predicted molar refractivity (Wildman–Crippen MR) is 245 cm³/mol. The van der Waals surface area contributed by atoms with Crippen LogP contribution in [-0.2, 0) is 16.2 Å². The summed E-state index contributed by atoms with van der Waals surface area (Å²) in [5, 5.41) is 0. The highest BCUT2D eigenvalue weighted by Gasteiger charge is 2.42. The lowest BCUT2D eigenvalue weighted by molar-refractivity contribution is 0.443. The number of hydrogen-bond acceptors (Lipinski definition) is 1. The minimum absolute atomic E-state index is 0.0794. The SMILES string of the molecule is CC1(C)c2ccccc2-c2ccc(N(c3ccc(C4CCCCC4)cc3)c3ccc4c(c3)C(C)(C)c3c-4cccc3-c3cccc4c3C(C)(C)c3ccccc3-4)cc21. The largest absolute Gasteiger partial charge is 0.310 e. The topological polar surface area (TPSA) is 3.24 Å². The third kappa shape index (κ3) is 5.01. The third-order valence-corrected chi connectivity index (χ3v) is 14.8. The zero-order valence-corrected chi connectivity index (χ0v) is 34.9. The van der Waals surface area contributed by atoms with E-state index in [0.717, 1.165) is 0 Å². The number of nitrogens with zero attached hydrogens (tertiary/aromatic N) is 1. The molecule has 0 saturated heterocycles. The molecule has 0 atom stereocenters. The molecule has 4 aliphatic carbocycles. The maximum atomic E-state index is 2.52. The Balaban J connectivity index is 1.05. The Morgan fingerprint density at radius 1 is 0.362 bits per heavy atom. The summed E-state index contributed by atoms with van der Waals surface area (Å²) in [7, 11) is 0. The molecule has 286 valence electrons. The molecule has 0 aromatic heterocycles. The van der Waals surface area contributed by atoms with Gasteiger partial charge in [0.15, 0.2) is 0 Å². The second kappa shape index (κ2) is 12.7. The van der Waals surface area contributed by atoms with Crippen molar-refractivity contribution in [3.63, 3.8) is 0 Å². The molecule has 0 spiro atoms. The molecule has 11 rings (SSSR count). The van der Waals surface area contributed by atoms with Crippen molar-refractivity contribution in [3.05, 3.63) is 185 Å². The Kier molecular flexibility index (Phi) is 7.75. The van der Waals surface area contributed by atoms with Crippen LogP contribution in [0.3, 0.4) is 0 Å². The summed E-state index contributed by atoms with van der Waals surface area (Å²) < 4.78 is 0. The van der Waals surface area contributed by atoms with Gasteiger partial charge in [0.1, 0.15) is 0 Å². The Morgan fingerprint density at radius 2 is 0.759 bits per heavy atom. The third-order valence-electron chi connectivity index (χ3n) is 14.8. The van der Waals surface area contributed by atoms with E-state index in [9.17, 15) is 0 Å². The fourth-order valence-electron chi connectivity index (χ4n) is 11.9. The minimum atomic E-state index is -0.215. The van der Waals surface area contributed by atoms with E-state index in [2.05, 4.69) is 192 Å². The molecule has 0 N–H and O–H groups in total. The molecule has 0 aliphatic heterocycles. The summed E-state index contributed by atoms with van der Waals surface area (Å²) in [5.74, 6) is 0.676. The molecule has 1 heteroatoms. The van der Waals surface area contributed by atoms with E-state index in [0.29, 0.717) is 5.92 Å². The second-order valence-electron chi connectivity index (χ2n) is 19.1. The van der Waals surface area contributed by atoms with Crippen LogP contribution in [0.15, 0.2) is 146 Å². The fourth-order valence-corrected chi connectivity index (χ4v) is 11.9. The van der Waals surface area contributed by atoms with Gasteiger partial charge in [-0.15, -0.1) is 0 Å². The summed E-state index contributed by atoms with van der Waals surface area (Å²) in [5.41, 5.74) is 24.1. The van der Waals surface area contributed by atoms with Gasteiger partial charge in [-0.25, -0.2) is 0 Å². The van der Waals surface area contributed by atoms with Crippen molar-refractivity contribution in [3.8, 4) is 44.5 Å². The number of anilines is 3. The molecule has 1 nitrogen and oxygen atoms in total. The van der Waals surface area contributed by atoms with Gasteiger partial charge in [0.2, 0.25) is 0 Å². The van der Waals surface area contributed by atoms with Crippen molar-refractivity contribution in [2.75, 3.05) is 4.90 Å². The van der Waals surface area contributed by atoms with Crippen molar-refractivity contribution in [2.24, 2.45) is 0 Å². The van der Waals surface area contributed by atoms with Gasteiger partial charge >= 0.3 is 0 Å². The van der Waals surface area contributed by atoms with E-state index in [4.69, 9.17) is 0 Å². The van der Waals surface area contributed by atoms with Gasteiger partial charge in [-0.3, -0.25) is 0 Å². The summed E-state index contributed by atoms with van der Waals surface area (Å²) in [6, 6.07) is 56.1. The van der Waals surface area contributed by atoms with E-state index < -0.39 is 0 Å². The fraction of sp³-hybridized carbons (Fsp3) is 0.263. The highest BCUT2D eigenvalue weighted by atomic mass is 15.1. The average Bonchev–Trinajstić information content (AvgIpc) is 3.74. The Labute approximate surface area is 345 Å². The van der Waals surface area contributed by atoms with Crippen LogP contribution in [0.1, 0.15) is 119 Å². The molecule has 0 bridgehead atoms. The standard InChI is InChI=1S/C57H53N/c1-55(2)49-24-12-10-18-41(49)43-32-30-39(34-51(43)55)58(38-28-26-37(27-29-38)36-16-8-7-9-17-36)40-31-33-44-46-21-15-23-48(54(46)57(5,6)52(44)35-40)47-22-14-20-45-42-19-11-13-25-50(42)56(3,4)53(45)47/h10-15,18-36H,7-9,16-17H2,1-6H3. The van der Waals surface area contributed by atoms with Crippen molar-refractivity contribution in [2.45, 2.75) is 95.8 Å². The molecule has 7 aromatic carbocycles. The van der Waals surface area contributed by atoms with E-state index in [1.54, 1.807) is 0 Å². The van der Waals surface area contributed by atoms with Crippen LogP contribution < -0.4 is 4.90 Å². The molecule has 1 saturated carbocycles. The summed E-state index contributed by atoms with van der Waals surface area (Å²) in [4.78, 5) is 2.52. The van der Waals surface area contributed by atoms with Crippen molar-refractivity contribution in [1.29, 1.82) is 0 Å². The van der Waals surface area contributed by atoms with Crippen LogP contribution in [0, 0.1) is 0 Å². The zero-order valence-electron chi connectivity index (χ0n) is 34.9. The first-order chi connectivity index (χ1) is 28.0. The predicted octanol–water partition coefficient (Wildman–Crippen LogP) is 15.8. The summed E-state index contributed by atoms with van der Waals surface area (Å²) in [6.07, 6.45) is 6.68. The van der Waals surface area contributed by atoms with Crippen LogP contribution >= 0.6 is 0 Å². The van der Waals surface area contributed by atoms with Gasteiger partial charge in [0.05, 0.1) is 0 Å². The number of fused-ring (bicyclic) bond motifs is 9. The summed E-state index contributed by atoms with van der Waals surface area (Å²) >= 11 is 0. The van der Waals surface area contributed by atoms with Gasteiger partial charge in [-0.2, -0.15) is 0 Å². The highest BCUT2D eigenvalue weighted by Crippen LogP contribution is 2.58. The molecule has 0 amide bonds. The maximum absolute atomic E-state index is 2.52. The summed E-state index contributed by atoms with van der Waals surface area (Å²) in [6.45, 7) is 14.5. The van der Waals surface area contributed by atoms with Gasteiger partial charge in [0, 0.05) is 33.3 Å². The minimum Gasteiger partial charge on any atom is -0.310 e. The Morgan fingerprint density at radius 3 is 1.33 bits per heavy atom. The quantitative estimate of drug-likeness (QED) is 0.169. The normalized spacial score (nSPS) is 17.5. The van der Waals surface area contributed by atoms with Crippen LogP contribution in [0.5, 0.6) is 0 Å². The molecule has 0 unspecified atom stereocenters. The lowest BCUT2D eigenvalue weighted by Crippen LogP contribution is -2.19. The maximum Gasteiger partial charge on any atom is 0.0465 e. The average molecular weight is 752 g/mol. The number of hydrogen-bond donors (Lipinski definition) is 0. The molecule has 58 heavy (non-hydrogen) atoms. The van der Waals surface area contributed by atoms with E-state index in [1.165, 1.54) is 133 Å². The van der Waals surface area contributed by atoms with E-state index >= 15 is 0 Å². The van der Waals surface area contributed by atoms with Crippen molar-refractivity contribution < 1.29 is 0 Å². The molecular formula is C57H53N. The van der Waals surface area contributed by atoms with Gasteiger partial charge in [-0.05, 0) is 139 Å². The molecule has 4 aliphatic rings. The van der Waals surface area contributed by atoms with Gasteiger partial charge < -0.3 is 4.90 Å². The Hall–Kier alpha value is -5.66. The second-order valence-corrected chi connectivity index (χ2v) is 19.1. The monoisotopic (exact) mass is 751 g/mol. The molecule has 7 aromatic rings. The van der Waals surface area contributed by atoms with Crippen LogP contribution in [0.25, 0.3) is 44.5 Å². The first kappa shape index (κ1) is 35.5. The lowest BCUT2D eigenvalue weighted by atomic mass is 9.74. The molecule has 1 fully saturated rings. The smallest absolute Gasteiger partial charge is 0.0465 e. The molecular weight excluding hydrogens is 699 g/mol. The van der Waals surface area contributed by atoms with Crippen LogP contribution in [-0.4, -0.2) is 0 Å². The van der Waals surface area contributed by atoms with E-state index in [1.807, 2.05) is 0 Å². The first-order valence-corrected chi connectivity index (χ1v) is 21.7. The number of rotatable bonds is 5. The molecule has 0 heterocycles. The van der Waals surface area contributed by atoms with E-state index in [-0.39, 0.29) is 16.2 Å². The van der Waals surface area contributed by atoms with Gasteiger partial charge in [-0.1, -0.05) is 170 Å². The Bertz CT molecular complexity index is 2790. The van der Waals surface area contributed by atoms with Crippen molar-refractivity contribution >= 4 is 17.1 Å². The first-order valence-electron chi connectivity index (χ1n) is 21.7. The van der Waals surface area contributed by atoms with Crippen LogP contribution in [0.2, 0.25) is 0 Å². The van der Waals surface area contributed by atoms with Crippen molar-refractivity contribution in [1.82, 2.24) is 0 Å². The zero-order chi connectivity index (χ0) is 39.6. The van der Waals surface area contributed by atoms with Crippen LogP contribution in [0.4, 0.5) is 17.1 Å². The number of benzene rings is 7. The highest BCUT2D eigenvalue weighted by molar-refractivity contribution is 5.95.